The van der Waals surface area contributed by atoms with E-state index in [9.17, 15) is 9.59 Å². The van der Waals surface area contributed by atoms with E-state index in [-0.39, 0.29) is 12.6 Å². The van der Waals surface area contributed by atoms with Gasteiger partial charge in [-0.1, -0.05) is 19.1 Å². The number of aromatic nitrogens is 2. The number of urea groups is 1. The number of aryl methyl sites for hydroxylation is 1. The Labute approximate surface area is 210 Å². The molecule has 188 valence electrons. The fraction of sp³-hybridized carbons (Fsp3) is 0.308. The van der Waals surface area contributed by atoms with Gasteiger partial charge in [0.15, 0.2) is 11.6 Å². The van der Waals surface area contributed by atoms with Gasteiger partial charge < -0.3 is 24.6 Å². The average molecular weight is 491 g/mol. The Kier molecular flexibility index (Phi) is 8.17. The van der Waals surface area contributed by atoms with Gasteiger partial charge in [0.1, 0.15) is 12.4 Å². The van der Waals surface area contributed by atoms with Gasteiger partial charge in [-0.15, -0.1) is 0 Å². The summed E-state index contributed by atoms with van der Waals surface area (Å²) in [6, 6.07) is 15.0. The topological polar surface area (TPSA) is 109 Å². The highest BCUT2D eigenvalue weighted by Crippen LogP contribution is 2.27. The third-order valence-electron chi connectivity index (χ3n) is 5.84. The van der Waals surface area contributed by atoms with Gasteiger partial charge >= 0.3 is 12.1 Å². The summed E-state index contributed by atoms with van der Waals surface area (Å²) in [4.78, 5) is 36.8. The van der Waals surface area contributed by atoms with Crippen LogP contribution in [0.25, 0.3) is 0 Å². The van der Waals surface area contributed by atoms with E-state index in [0.717, 1.165) is 23.5 Å². The van der Waals surface area contributed by atoms with Crippen LogP contribution in [0.3, 0.4) is 0 Å². The van der Waals surface area contributed by atoms with Gasteiger partial charge in [-0.25, -0.2) is 19.6 Å². The van der Waals surface area contributed by atoms with E-state index in [1.54, 1.807) is 18.5 Å². The van der Waals surface area contributed by atoms with Crippen molar-refractivity contribution >= 4 is 29.4 Å². The van der Waals surface area contributed by atoms with Crippen LogP contribution in [0.2, 0.25) is 0 Å². The number of anilines is 3. The van der Waals surface area contributed by atoms with Crippen molar-refractivity contribution in [2.75, 3.05) is 48.8 Å². The Morgan fingerprint density at radius 3 is 2.56 bits per heavy atom. The number of amides is 3. The summed E-state index contributed by atoms with van der Waals surface area (Å²) in [5.41, 5.74) is 2.83. The summed E-state index contributed by atoms with van der Waals surface area (Å²) >= 11 is 0. The number of rotatable bonds is 7. The molecule has 0 spiro atoms. The molecule has 0 bridgehead atoms. The summed E-state index contributed by atoms with van der Waals surface area (Å²) in [6.07, 6.45) is 3.66. The molecule has 0 radical (unpaired) electrons. The van der Waals surface area contributed by atoms with Crippen LogP contribution < -0.4 is 20.3 Å². The van der Waals surface area contributed by atoms with E-state index in [0.29, 0.717) is 37.7 Å². The van der Waals surface area contributed by atoms with Gasteiger partial charge in [-0.3, -0.25) is 5.32 Å². The quantitative estimate of drug-likeness (QED) is 0.512. The highest BCUT2D eigenvalue weighted by atomic mass is 16.5. The lowest BCUT2D eigenvalue weighted by atomic mass is 10.1. The van der Waals surface area contributed by atoms with Crippen molar-refractivity contribution in [1.82, 2.24) is 14.9 Å². The summed E-state index contributed by atoms with van der Waals surface area (Å²) in [6.45, 7) is 4.78. The number of carbonyl (C=O) groups is 2. The first-order chi connectivity index (χ1) is 17.6. The molecule has 4 rings (SSSR count). The number of pyridine rings is 2. The maximum atomic E-state index is 12.8. The molecule has 3 heterocycles. The van der Waals surface area contributed by atoms with Gasteiger partial charge in [0, 0.05) is 44.3 Å². The average Bonchev–Trinajstić information content (AvgIpc) is 2.92. The molecule has 1 fully saturated rings. The van der Waals surface area contributed by atoms with E-state index in [1.165, 1.54) is 12.7 Å². The molecular formula is C26H30N6O4. The third-order valence-corrected chi connectivity index (χ3v) is 5.84. The van der Waals surface area contributed by atoms with E-state index in [4.69, 9.17) is 4.74 Å². The summed E-state index contributed by atoms with van der Waals surface area (Å²) in [5, 5.41) is 5.54. The number of benzene rings is 1. The monoisotopic (exact) mass is 490 g/mol. The molecule has 1 aromatic carbocycles. The van der Waals surface area contributed by atoms with Crippen LogP contribution in [0, 0.1) is 0 Å². The van der Waals surface area contributed by atoms with Crippen LogP contribution in [0.15, 0.2) is 60.9 Å². The number of nitrogens with zero attached hydrogens (tertiary/aromatic N) is 4. The Morgan fingerprint density at radius 1 is 0.944 bits per heavy atom. The summed E-state index contributed by atoms with van der Waals surface area (Å²) in [7, 11) is 1.30. The van der Waals surface area contributed by atoms with Crippen molar-refractivity contribution in [3.63, 3.8) is 0 Å². The van der Waals surface area contributed by atoms with Crippen molar-refractivity contribution < 1.29 is 19.1 Å². The summed E-state index contributed by atoms with van der Waals surface area (Å²) in [5.74, 6) is 1.76. The fourth-order valence-corrected chi connectivity index (χ4v) is 3.87. The lowest BCUT2D eigenvalue weighted by molar-refractivity contribution is 0.186. The van der Waals surface area contributed by atoms with Gasteiger partial charge in [-0.05, 0) is 53.9 Å². The minimum Gasteiger partial charge on any atom is -0.485 e. The number of ether oxygens (including phenoxy) is 2. The Hall–Kier alpha value is -4.34. The second kappa shape index (κ2) is 11.9. The lowest BCUT2D eigenvalue weighted by Gasteiger charge is -2.35. The molecule has 10 heteroatoms. The zero-order valence-electron chi connectivity index (χ0n) is 20.4. The van der Waals surface area contributed by atoms with Crippen LogP contribution in [-0.2, 0) is 17.8 Å². The normalized spacial score (nSPS) is 13.2. The van der Waals surface area contributed by atoms with Gasteiger partial charge in [-0.2, -0.15) is 0 Å². The zero-order valence-corrected chi connectivity index (χ0v) is 20.4. The smallest absolute Gasteiger partial charge is 0.412 e. The fourth-order valence-electron chi connectivity index (χ4n) is 3.87. The summed E-state index contributed by atoms with van der Waals surface area (Å²) < 4.78 is 10.7. The van der Waals surface area contributed by atoms with Crippen LogP contribution in [0.5, 0.6) is 5.75 Å². The molecule has 1 aliphatic rings. The maximum Gasteiger partial charge on any atom is 0.412 e. The van der Waals surface area contributed by atoms with Crippen molar-refractivity contribution in [3.8, 4) is 5.75 Å². The van der Waals surface area contributed by atoms with Crippen molar-refractivity contribution in [3.05, 3.63) is 72.1 Å². The number of methoxy groups -OCH3 is 1. The maximum absolute atomic E-state index is 12.8. The van der Waals surface area contributed by atoms with Crippen molar-refractivity contribution in [2.45, 2.75) is 20.0 Å². The first-order valence-electron chi connectivity index (χ1n) is 11.8. The predicted octanol–water partition coefficient (Wildman–Crippen LogP) is 4.15. The predicted molar refractivity (Wildman–Crippen MR) is 137 cm³/mol. The highest BCUT2D eigenvalue weighted by molar-refractivity contribution is 5.89. The Balaban J connectivity index is 1.34. The molecule has 0 saturated carbocycles. The number of carbonyl (C=O) groups excluding carboxylic acids is 2. The molecule has 2 N–H and O–H groups in total. The SMILES string of the molecule is CCc1cccc(NC(=O)N2CCN(c3ncccc3OCc3ccnc(NC(=O)OC)c3)CC2)c1. The van der Waals surface area contributed by atoms with Crippen LogP contribution >= 0.6 is 0 Å². The van der Waals surface area contributed by atoms with Crippen LogP contribution in [-0.4, -0.2) is 60.3 Å². The Bertz CT molecular complexity index is 1200. The lowest BCUT2D eigenvalue weighted by Crippen LogP contribution is -2.50. The van der Waals surface area contributed by atoms with Crippen LogP contribution in [0.4, 0.5) is 26.9 Å². The number of hydrogen-bond donors (Lipinski definition) is 2. The molecule has 1 saturated heterocycles. The van der Waals surface area contributed by atoms with Crippen LogP contribution in [0.1, 0.15) is 18.1 Å². The van der Waals surface area contributed by atoms with E-state index >= 15 is 0 Å². The van der Waals surface area contributed by atoms with E-state index in [2.05, 4.69) is 37.2 Å². The minimum absolute atomic E-state index is 0.102. The second-order valence-corrected chi connectivity index (χ2v) is 8.24. The zero-order chi connectivity index (χ0) is 25.3. The molecule has 1 aliphatic heterocycles. The van der Waals surface area contributed by atoms with Gasteiger partial charge in [0.05, 0.1) is 7.11 Å². The molecule has 0 aliphatic carbocycles. The molecule has 3 amide bonds. The largest absolute Gasteiger partial charge is 0.485 e. The van der Waals surface area contributed by atoms with Crippen molar-refractivity contribution in [1.29, 1.82) is 0 Å². The van der Waals surface area contributed by atoms with E-state index < -0.39 is 6.09 Å². The molecule has 2 aromatic heterocycles. The second-order valence-electron chi connectivity index (χ2n) is 8.24. The first-order valence-corrected chi connectivity index (χ1v) is 11.8. The number of nitrogens with one attached hydrogen (secondary N) is 2. The van der Waals surface area contributed by atoms with Gasteiger partial charge in [0.2, 0.25) is 0 Å². The van der Waals surface area contributed by atoms with E-state index in [1.807, 2.05) is 47.4 Å². The molecular weight excluding hydrogens is 460 g/mol. The number of piperazine rings is 1. The van der Waals surface area contributed by atoms with Crippen molar-refractivity contribution in [2.24, 2.45) is 0 Å². The minimum atomic E-state index is -0.586. The molecule has 0 atom stereocenters. The standard InChI is InChI=1S/C26H30N6O4/c1-3-19-6-4-7-21(16-19)29-25(33)32-14-12-31(13-15-32)24-22(8-5-10-28-24)36-18-20-9-11-27-23(17-20)30-26(34)35-2/h4-11,16-17H,3,12-15,18H2,1-2H3,(H,29,33)(H,27,30,34). The molecule has 36 heavy (non-hydrogen) atoms. The first kappa shape index (κ1) is 24.8. The highest BCUT2D eigenvalue weighted by Gasteiger charge is 2.24. The van der Waals surface area contributed by atoms with Gasteiger partial charge in [0.25, 0.3) is 0 Å². The third kappa shape index (κ3) is 6.41. The molecule has 3 aromatic rings. The number of hydrogen-bond acceptors (Lipinski definition) is 7. The Morgan fingerprint density at radius 2 is 1.78 bits per heavy atom. The molecule has 10 nitrogen and oxygen atoms in total. The molecule has 0 unspecified atom stereocenters.